The molecule has 24 heavy (non-hydrogen) atoms. The Bertz CT molecular complexity index is 593. The van der Waals surface area contributed by atoms with Crippen LogP contribution in [0.3, 0.4) is 0 Å². The van der Waals surface area contributed by atoms with Gasteiger partial charge in [-0.3, -0.25) is 5.10 Å². The molecular weight excluding hydrogens is 292 g/mol. The van der Waals surface area contributed by atoms with Crippen molar-refractivity contribution in [2.45, 2.75) is 84.0 Å². The summed E-state index contributed by atoms with van der Waals surface area (Å²) < 4.78 is 0. The molecule has 0 radical (unpaired) electrons. The van der Waals surface area contributed by atoms with Gasteiger partial charge in [0.15, 0.2) is 0 Å². The van der Waals surface area contributed by atoms with Crippen molar-refractivity contribution in [2.75, 3.05) is 0 Å². The first-order valence-electron chi connectivity index (χ1n) is 10.6. The molecule has 1 aromatic heterocycles. The number of nitrogens with one attached hydrogen (secondary N) is 1. The highest BCUT2D eigenvalue weighted by atomic mass is 15.1. The number of rotatable bonds is 1. The van der Waals surface area contributed by atoms with E-state index in [1.54, 1.807) is 0 Å². The van der Waals surface area contributed by atoms with Crippen LogP contribution in [-0.2, 0) is 0 Å². The standard InChI is InChI=1S/C22H34N2/c1-21-11-4-6-17(21)15-7-8-18-16(20-10-14-23-24-20)5-3-12-22(18,2)19(15)9-13-21/h10,14-19H,3-9,11-13H2,1-2H3,(H,23,24)/t15-,16?,17-,18-,19-,21-,22-/m0/s1. The SMILES string of the molecule is C[C@@]12CCC[C@H]1[C@@H]1CC[C@H]3C(c4ccn[nH]4)CCC[C@]3(C)[C@H]1CC2. The summed E-state index contributed by atoms with van der Waals surface area (Å²) in [6.07, 6.45) is 16.8. The quantitative estimate of drug-likeness (QED) is 0.681. The van der Waals surface area contributed by atoms with Crippen molar-refractivity contribution in [3.8, 4) is 0 Å². The van der Waals surface area contributed by atoms with Gasteiger partial charge in [0.1, 0.15) is 0 Å². The van der Waals surface area contributed by atoms with Crippen LogP contribution in [0.2, 0.25) is 0 Å². The minimum atomic E-state index is 0.584. The van der Waals surface area contributed by atoms with Gasteiger partial charge >= 0.3 is 0 Å². The zero-order chi connectivity index (χ0) is 16.4. The van der Waals surface area contributed by atoms with Crippen LogP contribution in [-0.4, -0.2) is 10.2 Å². The van der Waals surface area contributed by atoms with Gasteiger partial charge in [-0.15, -0.1) is 0 Å². The molecule has 0 aliphatic heterocycles. The third kappa shape index (κ3) is 2.04. The van der Waals surface area contributed by atoms with Crippen LogP contribution in [0.5, 0.6) is 0 Å². The minimum Gasteiger partial charge on any atom is -0.282 e. The summed E-state index contributed by atoms with van der Waals surface area (Å²) in [5.41, 5.74) is 2.70. The molecule has 4 aliphatic rings. The molecule has 0 bridgehead atoms. The highest BCUT2D eigenvalue weighted by Crippen LogP contribution is 2.67. The molecule has 0 amide bonds. The maximum absolute atomic E-state index is 4.27. The van der Waals surface area contributed by atoms with Crippen LogP contribution in [0.4, 0.5) is 0 Å². The van der Waals surface area contributed by atoms with E-state index in [9.17, 15) is 0 Å². The van der Waals surface area contributed by atoms with Gasteiger partial charge in [-0.1, -0.05) is 26.7 Å². The number of hydrogen-bond donors (Lipinski definition) is 1. The third-order valence-electron chi connectivity index (χ3n) is 9.36. The molecular formula is C22H34N2. The highest BCUT2D eigenvalue weighted by Gasteiger charge is 2.58. The van der Waals surface area contributed by atoms with Gasteiger partial charge < -0.3 is 0 Å². The lowest BCUT2D eigenvalue weighted by Gasteiger charge is -2.61. The molecule has 132 valence electrons. The molecule has 4 aliphatic carbocycles. The molecule has 0 aromatic carbocycles. The van der Waals surface area contributed by atoms with Crippen molar-refractivity contribution >= 4 is 0 Å². The summed E-state index contributed by atoms with van der Waals surface area (Å²) in [6, 6.07) is 2.25. The van der Waals surface area contributed by atoms with Gasteiger partial charge in [-0.05, 0) is 91.9 Å². The summed E-state index contributed by atoms with van der Waals surface area (Å²) in [5.74, 6) is 4.70. The monoisotopic (exact) mass is 326 g/mol. The topological polar surface area (TPSA) is 28.7 Å². The second-order valence-electron chi connectivity index (χ2n) is 10.2. The molecule has 1 N–H and O–H groups in total. The normalized spacial score (nSPS) is 50.8. The lowest BCUT2D eigenvalue weighted by molar-refractivity contribution is -0.110. The van der Waals surface area contributed by atoms with Crippen LogP contribution in [0, 0.1) is 34.5 Å². The van der Waals surface area contributed by atoms with E-state index in [0.29, 0.717) is 10.8 Å². The van der Waals surface area contributed by atoms with Crippen molar-refractivity contribution in [1.82, 2.24) is 10.2 Å². The largest absolute Gasteiger partial charge is 0.282 e. The van der Waals surface area contributed by atoms with Gasteiger partial charge in [-0.2, -0.15) is 5.10 Å². The Labute approximate surface area is 147 Å². The van der Waals surface area contributed by atoms with Crippen molar-refractivity contribution in [3.63, 3.8) is 0 Å². The van der Waals surface area contributed by atoms with Gasteiger partial charge in [0.2, 0.25) is 0 Å². The predicted octanol–water partition coefficient (Wildman–Crippen LogP) is 5.93. The smallest absolute Gasteiger partial charge is 0.0490 e. The molecule has 0 spiro atoms. The second kappa shape index (κ2) is 5.35. The zero-order valence-electron chi connectivity index (χ0n) is 15.6. The maximum Gasteiger partial charge on any atom is 0.0490 e. The van der Waals surface area contributed by atoms with Crippen LogP contribution in [0.25, 0.3) is 0 Å². The van der Waals surface area contributed by atoms with E-state index in [1.165, 1.54) is 69.9 Å². The summed E-state index contributed by atoms with van der Waals surface area (Å²) in [7, 11) is 0. The van der Waals surface area contributed by atoms with Gasteiger partial charge in [0.05, 0.1) is 0 Å². The number of aromatic amines is 1. The van der Waals surface area contributed by atoms with Crippen molar-refractivity contribution in [3.05, 3.63) is 18.0 Å². The van der Waals surface area contributed by atoms with Crippen LogP contribution in [0.1, 0.15) is 89.7 Å². The van der Waals surface area contributed by atoms with E-state index < -0.39 is 0 Å². The summed E-state index contributed by atoms with van der Waals surface area (Å²) >= 11 is 0. The fourth-order valence-electron chi connectivity index (χ4n) is 8.26. The number of hydrogen-bond acceptors (Lipinski definition) is 1. The Morgan fingerprint density at radius 1 is 0.917 bits per heavy atom. The van der Waals surface area contributed by atoms with Crippen molar-refractivity contribution in [1.29, 1.82) is 0 Å². The van der Waals surface area contributed by atoms with Gasteiger partial charge in [-0.25, -0.2) is 0 Å². The average Bonchev–Trinajstić information content (AvgIpc) is 3.22. The number of fused-ring (bicyclic) bond motifs is 5. The fourth-order valence-corrected chi connectivity index (χ4v) is 8.26. The van der Waals surface area contributed by atoms with Crippen molar-refractivity contribution < 1.29 is 0 Å². The van der Waals surface area contributed by atoms with E-state index in [0.717, 1.165) is 29.6 Å². The fraction of sp³-hybridized carbons (Fsp3) is 0.864. The first-order chi connectivity index (χ1) is 11.6. The molecule has 4 saturated carbocycles. The first-order valence-corrected chi connectivity index (χ1v) is 10.6. The lowest BCUT2D eigenvalue weighted by Crippen LogP contribution is -2.53. The molecule has 1 heterocycles. The van der Waals surface area contributed by atoms with E-state index in [-0.39, 0.29) is 0 Å². The van der Waals surface area contributed by atoms with Gasteiger partial charge in [0, 0.05) is 17.8 Å². The minimum absolute atomic E-state index is 0.584. The number of aromatic nitrogens is 2. The van der Waals surface area contributed by atoms with Gasteiger partial charge in [0.25, 0.3) is 0 Å². The van der Waals surface area contributed by atoms with Crippen LogP contribution >= 0.6 is 0 Å². The van der Waals surface area contributed by atoms with E-state index >= 15 is 0 Å². The van der Waals surface area contributed by atoms with E-state index in [1.807, 2.05) is 6.20 Å². The molecule has 2 heteroatoms. The summed E-state index contributed by atoms with van der Waals surface area (Å²) in [6.45, 7) is 5.32. The van der Waals surface area contributed by atoms with Crippen molar-refractivity contribution in [2.24, 2.45) is 34.5 Å². The van der Waals surface area contributed by atoms with Crippen LogP contribution < -0.4 is 0 Å². The molecule has 1 aromatic rings. The third-order valence-corrected chi connectivity index (χ3v) is 9.36. The first kappa shape index (κ1) is 15.5. The zero-order valence-corrected chi connectivity index (χ0v) is 15.6. The average molecular weight is 327 g/mol. The Hall–Kier alpha value is -0.790. The summed E-state index contributed by atoms with van der Waals surface area (Å²) in [4.78, 5) is 0. The lowest BCUT2D eigenvalue weighted by atomic mass is 9.44. The number of H-pyrrole nitrogens is 1. The molecule has 1 unspecified atom stereocenters. The Morgan fingerprint density at radius 3 is 2.62 bits per heavy atom. The summed E-state index contributed by atoms with van der Waals surface area (Å²) in [5, 5.41) is 7.59. The molecule has 7 atom stereocenters. The van der Waals surface area contributed by atoms with Crippen LogP contribution in [0.15, 0.2) is 12.3 Å². The molecule has 2 nitrogen and oxygen atoms in total. The molecule has 5 rings (SSSR count). The Balaban J connectivity index is 1.47. The number of nitrogens with zero attached hydrogens (tertiary/aromatic N) is 1. The maximum atomic E-state index is 4.27. The Morgan fingerprint density at radius 2 is 1.79 bits per heavy atom. The second-order valence-corrected chi connectivity index (χ2v) is 10.2. The van der Waals surface area contributed by atoms with E-state index in [4.69, 9.17) is 0 Å². The molecule has 4 fully saturated rings. The van der Waals surface area contributed by atoms with E-state index in [2.05, 4.69) is 30.1 Å². The Kier molecular flexibility index (Phi) is 3.45. The highest BCUT2D eigenvalue weighted by molar-refractivity contribution is 5.15. The molecule has 0 saturated heterocycles. The predicted molar refractivity (Wildman–Crippen MR) is 97.7 cm³/mol.